The Morgan fingerprint density at radius 3 is 2.13 bits per heavy atom. The Hall–Kier alpha value is -3.72. The molecule has 0 bridgehead atoms. The van der Waals surface area contributed by atoms with Crippen molar-refractivity contribution in [1.82, 2.24) is 9.97 Å². The molecule has 0 spiro atoms. The van der Waals surface area contributed by atoms with E-state index in [4.69, 9.17) is 10.5 Å². The molecule has 163 valence electrons. The molecule has 0 unspecified atom stereocenters. The molecule has 0 saturated heterocycles. The molecule has 10 heteroatoms. The van der Waals surface area contributed by atoms with Gasteiger partial charge in [0.15, 0.2) is 6.03 Å². The van der Waals surface area contributed by atoms with Crippen LogP contribution in [0.4, 0.5) is 4.79 Å². The number of amides is 2. The summed E-state index contributed by atoms with van der Waals surface area (Å²) in [5.74, 6) is -0.110. The van der Waals surface area contributed by atoms with Crippen LogP contribution in [0, 0.1) is 0 Å². The molecule has 1 radical (unpaired) electrons. The number of pyridine rings is 2. The van der Waals surface area contributed by atoms with Gasteiger partial charge in [0.25, 0.3) is 0 Å². The van der Waals surface area contributed by atoms with Gasteiger partial charge in [-0.05, 0) is 23.8 Å². The summed E-state index contributed by atoms with van der Waals surface area (Å²) in [4.78, 5) is 18.9. The molecule has 0 saturated carbocycles. The van der Waals surface area contributed by atoms with Gasteiger partial charge in [0.2, 0.25) is 0 Å². The van der Waals surface area contributed by atoms with E-state index in [2.05, 4.69) is 44.8 Å². The SMILES string of the molecule is COc1cccc(/C=N/[N-]C(N)=O)c1[O-].[Cu+2].[OH3+].c1cnc2c(c1)ccc1cccnc12. The number of primary amides is 1. The average Bonchev–Trinajstić information content (AvgIpc) is 2.75. The molecule has 2 heterocycles. The predicted octanol–water partition coefficient (Wildman–Crippen LogP) is 2.41. The number of carbonyl (C=O) groups is 1. The van der Waals surface area contributed by atoms with Crippen molar-refractivity contribution in [2.45, 2.75) is 0 Å². The molecular weight excluding hydrogens is 450 g/mol. The fourth-order valence-corrected chi connectivity index (χ4v) is 2.62. The number of aromatic nitrogens is 2. The number of rotatable bonds is 3. The van der Waals surface area contributed by atoms with E-state index in [0.717, 1.165) is 28.0 Å². The van der Waals surface area contributed by atoms with E-state index in [1.54, 1.807) is 18.5 Å². The minimum atomic E-state index is -0.915. The maximum Gasteiger partial charge on any atom is 2.00 e. The molecule has 5 N–H and O–H groups in total. The second-order valence-electron chi connectivity index (χ2n) is 5.78. The maximum atomic E-state index is 11.5. The van der Waals surface area contributed by atoms with Crippen molar-refractivity contribution < 1.29 is 37.2 Å². The first kappa shape index (κ1) is 25.3. The van der Waals surface area contributed by atoms with Crippen molar-refractivity contribution in [2.24, 2.45) is 10.8 Å². The number of hydrogen-bond donors (Lipinski definition) is 1. The Morgan fingerprint density at radius 2 is 1.61 bits per heavy atom. The van der Waals surface area contributed by atoms with E-state index in [0.29, 0.717) is 0 Å². The van der Waals surface area contributed by atoms with E-state index in [9.17, 15) is 9.90 Å². The number of benzene rings is 2. The molecular formula is C21H20CuN5O4+. The van der Waals surface area contributed by atoms with Gasteiger partial charge >= 0.3 is 17.1 Å². The summed E-state index contributed by atoms with van der Waals surface area (Å²) in [5.41, 5.74) is 10.0. The molecule has 0 aliphatic heterocycles. The van der Waals surface area contributed by atoms with Gasteiger partial charge in [-0.1, -0.05) is 42.1 Å². The number of ether oxygens (including phenoxy) is 1. The molecule has 0 aliphatic carbocycles. The Bertz CT molecular complexity index is 1130. The summed E-state index contributed by atoms with van der Waals surface area (Å²) in [7, 11) is 1.39. The number of methoxy groups -OCH3 is 1. The molecule has 0 fully saturated rings. The zero-order chi connectivity index (χ0) is 20.6. The maximum absolute atomic E-state index is 11.5. The van der Waals surface area contributed by atoms with Crippen molar-refractivity contribution in [1.29, 1.82) is 0 Å². The van der Waals surface area contributed by atoms with Crippen LogP contribution in [-0.4, -0.2) is 29.3 Å². The average molecular weight is 470 g/mol. The quantitative estimate of drug-likeness (QED) is 0.160. The summed E-state index contributed by atoms with van der Waals surface area (Å²) >= 11 is 0. The zero-order valence-corrected chi connectivity index (χ0v) is 17.3. The van der Waals surface area contributed by atoms with Crippen molar-refractivity contribution in [3.63, 3.8) is 0 Å². The number of hydrogen-bond acceptors (Lipinski definition) is 6. The molecule has 9 nitrogen and oxygen atoms in total. The molecule has 2 amide bonds. The van der Waals surface area contributed by atoms with Gasteiger partial charge in [0.1, 0.15) is 5.75 Å². The molecule has 0 aliphatic rings. The molecule has 4 aromatic rings. The van der Waals surface area contributed by atoms with Gasteiger partial charge in [-0.15, -0.1) is 0 Å². The molecule has 0 atom stereocenters. The third-order valence-corrected chi connectivity index (χ3v) is 3.93. The van der Waals surface area contributed by atoms with Crippen LogP contribution in [0.25, 0.3) is 27.2 Å². The summed E-state index contributed by atoms with van der Waals surface area (Å²) in [6, 6.07) is 15.9. The van der Waals surface area contributed by atoms with Crippen LogP contribution in [0.1, 0.15) is 5.56 Å². The first-order valence-electron chi connectivity index (χ1n) is 8.56. The van der Waals surface area contributed by atoms with Crippen molar-refractivity contribution >= 4 is 34.1 Å². The van der Waals surface area contributed by atoms with Crippen LogP contribution in [0.15, 0.2) is 72.1 Å². The van der Waals surface area contributed by atoms with E-state index in [-0.39, 0.29) is 39.6 Å². The number of nitrogens with two attached hydrogens (primary N) is 1. The minimum Gasteiger partial charge on any atom is -0.870 e. The van der Waals surface area contributed by atoms with Gasteiger partial charge in [-0.25, -0.2) is 0 Å². The van der Waals surface area contributed by atoms with Crippen LogP contribution in [0.3, 0.4) is 0 Å². The zero-order valence-electron chi connectivity index (χ0n) is 16.4. The fraction of sp³-hybridized carbons (Fsp3) is 0.0476. The van der Waals surface area contributed by atoms with Gasteiger partial charge in [0, 0.05) is 29.4 Å². The van der Waals surface area contributed by atoms with E-state index >= 15 is 0 Å². The largest absolute Gasteiger partial charge is 2.00 e. The predicted molar refractivity (Wildman–Crippen MR) is 115 cm³/mol. The number of carbonyl (C=O) groups excluding carboxylic acids is 1. The monoisotopic (exact) mass is 469 g/mol. The normalized spacial score (nSPS) is 9.84. The third-order valence-electron chi connectivity index (χ3n) is 3.93. The van der Waals surface area contributed by atoms with Crippen LogP contribution >= 0.6 is 0 Å². The van der Waals surface area contributed by atoms with Crippen molar-refractivity contribution in [3.05, 3.63) is 78.0 Å². The van der Waals surface area contributed by atoms with Crippen molar-refractivity contribution in [2.75, 3.05) is 7.11 Å². The summed E-state index contributed by atoms with van der Waals surface area (Å²) in [6.45, 7) is 0. The second kappa shape index (κ2) is 12.1. The van der Waals surface area contributed by atoms with Gasteiger partial charge in [-0.3, -0.25) is 19.9 Å². The molecule has 31 heavy (non-hydrogen) atoms. The minimum absolute atomic E-state index is 0. The second-order valence-corrected chi connectivity index (χ2v) is 5.78. The Kier molecular flexibility index (Phi) is 9.87. The smallest absolute Gasteiger partial charge is 0.870 e. The summed E-state index contributed by atoms with van der Waals surface area (Å²) in [6.07, 6.45) is 4.75. The van der Waals surface area contributed by atoms with Crippen LogP contribution in [0.2, 0.25) is 0 Å². The molecule has 2 aromatic carbocycles. The number of fused-ring (bicyclic) bond motifs is 3. The number of para-hydroxylation sites is 1. The van der Waals surface area contributed by atoms with Crippen LogP contribution < -0.4 is 15.6 Å². The first-order chi connectivity index (χ1) is 14.1. The number of nitrogens with zero attached hydrogens (tertiary/aromatic N) is 4. The fourth-order valence-electron chi connectivity index (χ4n) is 2.62. The summed E-state index contributed by atoms with van der Waals surface area (Å²) in [5, 5.41) is 17.1. The summed E-state index contributed by atoms with van der Waals surface area (Å²) < 4.78 is 4.82. The number of urea groups is 1. The molecule has 2 aromatic heterocycles. The van der Waals surface area contributed by atoms with Gasteiger partial charge in [-0.2, -0.15) is 0 Å². The van der Waals surface area contributed by atoms with E-state index in [1.807, 2.05) is 12.1 Å². The topological polar surface area (TPSA) is 161 Å². The molecule has 4 rings (SSSR count). The van der Waals surface area contributed by atoms with Crippen molar-refractivity contribution in [3.8, 4) is 11.5 Å². The third kappa shape index (κ3) is 6.38. The van der Waals surface area contributed by atoms with Crippen LogP contribution in [0.5, 0.6) is 11.5 Å². The standard InChI is InChI=1S/C12H8N2.C9H11N3O3.Cu.H2O/c1-3-9-5-6-10-4-2-8-14-12(10)11(9)13-7-1;1-15-7-4-2-3-6(8(7)13)5-11-12-9(10)14;;/h1-8H;2-5H,1H3,(H4,10,11,12,13,14);;1H2/q;;+2;/p-1. The van der Waals surface area contributed by atoms with Crippen LogP contribution in [-0.2, 0) is 22.5 Å². The van der Waals surface area contributed by atoms with E-state index in [1.165, 1.54) is 19.2 Å². The van der Waals surface area contributed by atoms with Gasteiger partial charge < -0.3 is 26.5 Å². The Morgan fingerprint density at radius 1 is 1.03 bits per heavy atom. The van der Waals surface area contributed by atoms with Gasteiger partial charge in [0.05, 0.1) is 18.1 Å². The van der Waals surface area contributed by atoms with E-state index < -0.39 is 6.03 Å². The Labute approximate surface area is 188 Å². The first-order valence-corrected chi connectivity index (χ1v) is 8.56. The Balaban J connectivity index is 0.000000291.